The summed E-state index contributed by atoms with van der Waals surface area (Å²) in [7, 11) is 2.94. The lowest BCUT2D eigenvalue weighted by atomic mass is 10.3. The van der Waals surface area contributed by atoms with E-state index in [0.717, 1.165) is 6.20 Å². The van der Waals surface area contributed by atoms with Crippen LogP contribution in [0.15, 0.2) is 24.4 Å². The van der Waals surface area contributed by atoms with E-state index in [0.29, 0.717) is 5.75 Å². The minimum Gasteiger partial charge on any atom is -0.497 e. The van der Waals surface area contributed by atoms with Crippen molar-refractivity contribution in [2.45, 2.75) is 0 Å². The quantitative estimate of drug-likeness (QED) is 0.667. The Kier molecular flexibility index (Phi) is 4.12. The van der Waals surface area contributed by atoms with E-state index in [-0.39, 0.29) is 17.4 Å². The molecule has 0 atom stereocenters. The van der Waals surface area contributed by atoms with Gasteiger partial charge in [0, 0.05) is 19.2 Å². The minimum absolute atomic E-state index is 0.122. The van der Waals surface area contributed by atoms with Gasteiger partial charge in [0.1, 0.15) is 5.75 Å². The molecule has 1 heterocycles. The Morgan fingerprint density at radius 3 is 2.81 bits per heavy atom. The van der Waals surface area contributed by atoms with Gasteiger partial charge in [0.05, 0.1) is 18.2 Å². The molecule has 0 bridgehead atoms. The van der Waals surface area contributed by atoms with Crippen molar-refractivity contribution >= 4 is 11.6 Å². The molecule has 1 aromatic heterocycles. The second-order valence-electron chi connectivity index (χ2n) is 3.79. The molecule has 0 saturated carbocycles. The van der Waals surface area contributed by atoms with Crippen LogP contribution < -0.4 is 14.8 Å². The summed E-state index contributed by atoms with van der Waals surface area (Å²) in [6.07, 6.45) is 0.903. The summed E-state index contributed by atoms with van der Waals surface area (Å²) < 4.78 is 23.8. The predicted octanol–water partition coefficient (Wildman–Crippen LogP) is 2.37. The third-order valence-corrected chi connectivity index (χ3v) is 2.51. The molecule has 110 valence electrons. The van der Waals surface area contributed by atoms with Crippen LogP contribution in [0.25, 0.3) is 0 Å². The third-order valence-electron chi connectivity index (χ3n) is 2.51. The van der Waals surface area contributed by atoms with Crippen molar-refractivity contribution in [2.24, 2.45) is 0 Å². The number of aromatic nitrogens is 2. The molecule has 0 fully saturated rings. The standard InChI is InChI=1S/C12H11FN4O4/c1-14-12-15-6-8(13)11(16-12)21-10-5-7(20-2)3-4-9(10)17(18)19/h3-6H,1-2H3,(H,14,15,16). The van der Waals surface area contributed by atoms with Crippen molar-refractivity contribution in [3.05, 3.63) is 40.3 Å². The molecular formula is C12H11FN4O4. The van der Waals surface area contributed by atoms with E-state index in [1.54, 1.807) is 7.05 Å². The van der Waals surface area contributed by atoms with E-state index in [1.165, 1.54) is 25.3 Å². The lowest BCUT2D eigenvalue weighted by Crippen LogP contribution is -2.01. The second-order valence-corrected chi connectivity index (χ2v) is 3.79. The van der Waals surface area contributed by atoms with E-state index in [9.17, 15) is 14.5 Å². The van der Waals surface area contributed by atoms with E-state index >= 15 is 0 Å². The molecule has 2 aromatic rings. The van der Waals surface area contributed by atoms with Gasteiger partial charge >= 0.3 is 5.69 Å². The zero-order chi connectivity index (χ0) is 15.4. The maximum atomic E-state index is 13.6. The van der Waals surface area contributed by atoms with Crippen molar-refractivity contribution in [3.63, 3.8) is 0 Å². The zero-order valence-corrected chi connectivity index (χ0v) is 11.2. The molecule has 0 aliphatic rings. The molecular weight excluding hydrogens is 283 g/mol. The van der Waals surface area contributed by atoms with Gasteiger partial charge in [-0.15, -0.1) is 0 Å². The summed E-state index contributed by atoms with van der Waals surface area (Å²) in [6.45, 7) is 0. The van der Waals surface area contributed by atoms with Crippen LogP contribution in [0.4, 0.5) is 16.0 Å². The Bertz CT molecular complexity index is 680. The minimum atomic E-state index is -0.842. The van der Waals surface area contributed by atoms with Crippen molar-refractivity contribution < 1.29 is 18.8 Å². The molecule has 0 spiro atoms. The Hall–Kier alpha value is -2.97. The normalized spacial score (nSPS) is 10.0. The van der Waals surface area contributed by atoms with Crippen molar-refractivity contribution in [3.8, 4) is 17.4 Å². The number of methoxy groups -OCH3 is 1. The maximum absolute atomic E-state index is 13.6. The van der Waals surface area contributed by atoms with Crippen molar-refractivity contribution in [1.82, 2.24) is 9.97 Å². The van der Waals surface area contributed by atoms with Crippen LogP contribution in [0, 0.1) is 15.9 Å². The molecule has 0 aliphatic carbocycles. The van der Waals surface area contributed by atoms with Gasteiger partial charge in [0.15, 0.2) is 0 Å². The lowest BCUT2D eigenvalue weighted by Gasteiger charge is -2.08. The van der Waals surface area contributed by atoms with E-state index in [2.05, 4.69) is 15.3 Å². The number of nitro benzene ring substituents is 1. The second kappa shape index (κ2) is 5.99. The van der Waals surface area contributed by atoms with Gasteiger partial charge in [0.25, 0.3) is 5.88 Å². The highest BCUT2D eigenvalue weighted by Gasteiger charge is 2.19. The molecule has 2 rings (SSSR count). The SMILES string of the molecule is CNc1ncc(F)c(Oc2cc(OC)ccc2[N+](=O)[O-])n1. The van der Waals surface area contributed by atoms with Gasteiger partial charge in [-0.2, -0.15) is 9.37 Å². The Morgan fingerprint density at radius 1 is 1.43 bits per heavy atom. The van der Waals surface area contributed by atoms with E-state index in [4.69, 9.17) is 9.47 Å². The number of benzene rings is 1. The molecule has 0 radical (unpaired) electrons. The van der Waals surface area contributed by atoms with Crippen molar-refractivity contribution in [2.75, 3.05) is 19.5 Å². The average Bonchev–Trinajstić information content (AvgIpc) is 2.49. The van der Waals surface area contributed by atoms with E-state index < -0.39 is 16.6 Å². The van der Waals surface area contributed by atoms with Gasteiger partial charge in [-0.05, 0) is 6.07 Å². The van der Waals surface area contributed by atoms with Gasteiger partial charge < -0.3 is 14.8 Å². The summed E-state index contributed by atoms with van der Waals surface area (Å²) in [5.41, 5.74) is -0.334. The van der Waals surface area contributed by atoms with Gasteiger partial charge in [-0.1, -0.05) is 0 Å². The van der Waals surface area contributed by atoms with Crippen LogP contribution in [0.1, 0.15) is 0 Å². The average molecular weight is 294 g/mol. The van der Waals surface area contributed by atoms with E-state index in [1.807, 2.05) is 0 Å². The Morgan fingerprint density at radius 2 is 2.19 bits per heavy atom. The van der Waals surface area contributed by atoms with Crippen LogP contribution in [0.5, 0.6) is 17.4 Å². The first-order valence-electron chi connectivity index (χ1n) is 5.75. The maximum Gasteiger partial charge on any atom is 0.311 e. The fraction of sp³-hybridized carbons (Fsp3) is 0.167. The number of anilines is 1. The topological polar surface area (TPSA) is 99.4 Å². The first kappa shape index (κ1) is 14.4. The van der Waals surface area contributed by atoms with Gasteiger partial charge in [0.2, 0.25) is 17.5 Å². The number of hydrogen-bond acceptors (Lipinski definition) is 7. The number of halogens is 1. The first-order valence-corrected chi connectivity index (χ1v) is 5.75. The molecule has 1 aromatic carbocycles. The summed E-state index contributed by atoms with van der Waals surface area (Å²) >= 11 is 0. The fourth-order valence-electron chi connectivity index (χ4n) is 1.50. The highest BCUT2D eigenvalue weighted by atomic mass is 19.1. The fourth-order valence-corrected chi connectivity index (χ4v) is 1.50. The van der Waals surface area contributed by atoms with Crippen LogP contribution in [0.2, 0.25) is 0 Å². The monoisotopic (exact) mass is 294 g/mol. The lowest BCUT2D eigenvalue weighted by molar-refractivity contribution is -0.385. The van der Waals surface area contributed by atoms with Crippen LogP contribution in [0.3, 0.4) is 0 Å². The number of nitrogens with zero attached hydrogens (tertiary/aromatic N) is 3. The Labute approximate surface area is 118 Å². The number of ether oxygens (including phenoxy) is 2. The summed E-state index contributed by atoms with van der Waals surface area (Å²) in [6, 6.07) is 3.88. The molecule has 1 N–H and O–H groups in total. The van der Waals surface area contributed by atoms with Gasteiger partial charge in [-0.3, -0.25) is 10.1 Å². The number of nitro groups is 1. The van der Waals surface area contributed by atoms with Crippen LogP contribution in [-0.2, 0) is 0 Å². The first-order chi connectivity index (χ1) is 10.0. The highest BCUT2D eigenvalue weighted by Crippen LogP contribution is 2.34. The highest BCUT2D eigenvalue weighted by molar-refractivity contribution is 5.52. The van der Waals surface area contributed by atoms with Crippen LogP contribution in [-0.4, -0.2) is 29.0 Å². The predicted molar refractivity (Wildman–Crippen MR) is 71.3 cm³/mol. The molecule has 0 amide bonds. The summed E-state index contributed by atoms with van der Waals surface area (Å²) in [5.74, 6) is -0.994. The number of hydrogen-bond donors (Lipinski definition) is 1. The van der Waals surface area contributed by atoms with Gasteiger partial charge in [-0.25, -0.2) is 4.98 Å². The molecule has 0 aliphatic heterocycles. The smallest absolute Gasteiger partial charge is 0.311 e. The van der Waals surface area contributed by atoms with Crippen molar-refractivity contribution in [1.29, 1.82) is 0 Å². The molecule has 21 heavy (non-hydrogen) atoms. The number of nitrogens with one attached hydrogen (secondary N) is 1. The molecule has 0 saturated heterocycles. The largest absolute Gasteiger partial charge is 0.497 e. The zero-order valence-electron chi connectivity index (χ0n) is 11.2. The third kappa shape index (κ3) is 3.14. The summed E-state index contributed by atoms with van der Waals surface area (Å²) in [5, 5.41) is 13.6. The molecule has 0 unspecified atom stereocenters. The van der Waals surface area contributed by atoms with Crippen LogP contribution >= 0.6 is 0 Å². The molecule has 9 heteroatoms. The summed E-state index contributed by atoms with van der Waals surface area (Å²) in [4.78, 5) is 17.7. The number of rotatable bonds is 5. The molecule has 8 nitrogen and oxygen atoms in total. The Balaban J connectivity index is 2.44.